The maximum absolute atomic E-state index is 13.4. The van der Waals surface area contributed by atoms with E-state index in [9.17, 15) is 4.79 Å². The molecule has 1 fully saturated rings. The smallest absolute Gasteiger partial charge is 0.339 e. The van der Waals surface area contributed by atoms with Crippen LogP contribution in [0.3, 0.4) is 0 Å². The summed E-state index contributed by atoms with van der Waals surface area (Å²) >= 11 is 0. The topological polar surface area (TPSA) is 96.0 Å². The van der Waals surface area contributed by atoms with Crippen molar-refractivity contribution in [3.63, 3.8) is 0 Å². The fraction of sp³-hybridized carbons (Fsp3) is 0.474. The van der Waals surface area contributed by atoms with Crippen LogP contribution in [0.2, 0.25) is 0 Å². The first-order valence-electron chi connectivity index (χ1n) is 16.8. The minimum Gasteiger partial charge on any atom is -0.493 e. The maximum Gasteiger partial charge on any atom is 0.339 e. The summed E-state index contributed by atoms with van der Waals surface area (Å²) in [5, 5.41) is 9.74. The van der Waals surface area contributed by atoms with E-state index in [1.807, 2.05) is 81.0 Å². The normalized spacial score (nSPS) is 15.3. The molecule has 0 bridgehead atoms. The van der Waals surface area contributed by atoms with Crippen molar-refractivity contribution in [2.75, 3.05) is 31.7 Å². The summed E-state index contributed by atoms with van der Waals surface area (Å²) in [5.74, 6) is 1.81. The van der Waals surface area contributed by atoms with Gasteiger partial charge in [0.15, 0.2) is 17.6 Å². The summed E-state index contributed by atoms with van der Waals surface area (Å²) in [5.41, 5.74) is 3.73. The molecule has 0 spiro atoms. The Morgan fingerprint density at radius 1 is 1.12 bits per heavy atom. The molecule has 1 unspecified atom stereocenters. The molecule has 48 heavy (non-hydrogen) atoms. The van der Waals surface area contributed by atoms with E-state index in [2.05, 4.69) is 36.1 Å². The summed E-state index contributed by atoms with van der Waals surface area (Å²) in [6.45, 7) is 20.0. The summed E-state index contributed by atoms with van der Waals surface area (Å²) in [7, 11) is 1.39. The fourth-order valence-corrected chi connectivity index (χ4v) is 6.31. The van der Waals surface area contributed by atoms with Gasteiger partial charge in [-0.3, -0.25) is 0 Å². The van der Waals surface area contributed by atoms with Crippen molar-refractivity contribution >= 4 is 17.4 Å². The summed E-state index contributed by atoms with van der Waals surface area (Å²) in [6, 6.07) is 9.99. The molecule has 0 aliphatic carbocycles. The van der Waals surface area contributed by atoms with Crippen LogP contribution in [0, 0.1) is 12.3 Å². The quantitative estimate of drug-likeness (QED) is 0.0790. The van der Waals surface area contributed by atoms with Crippen LogP contribution in [0.25, 0.3) is 11.5 Å². The zero-order valence-electron chi connectivity index (χ0n) is 29.4. The number of anilines is 1. The third-order valence-electron chi connectivity index (χ3n) is 8.98. The Bertz CT molecular complexity index is 1740. The van der Waals surface area contributed by atoms with Gasteiger partial charge in [0.1, 0.15) is 11.6 Å². The van der Waals surface area contributed by atoms with Crippen LogP contribution >= 0.6 is 0 Å². The molecule has 256 valence electrons. The number of benzene rings is 1. The van der Waals surface area contributed by atoms with E-state index in [4.69, 9.17) is 24.3 Å². The SMILES string of the molecule is C=CCCOc1ccccc1Cc1cnn(-c2cc3nc(C)c(C(OC(C)(C)C)C(=O)OC)c(N4CCC(C)(CCC=C)CC4)n3n2)c1. The molecule has 1 atom stereocenters. The standard InChI is InChI=1S/C38H50N6O4/c1-9-11-17-38(7)18-20-42(21-19-38)35-33(34(36(45)46-8)48-37(4,5)6)27(3)40-31-24-32(41-44(31)35)43-26-28(25-39-43)23-29-15-13-14-16-30(29)47-22-12-10-2/h9-10,13-16,24-26,34H,1-2,11-12,17-23H2,3-8H3. The average molecular weight is 655 g/mol. The number of aromatic nitrogens is 5. The summed E-state index contributed by atoms with van der Waals surface area (Å²) in [4.78, 5) is 20.6. The van der Waals surface area contributed by atoms with Crippen molar-refractivity contribution in [1.29, 1.82) is 0 Å². The number of hydrogen-bond acceptors (Lipinski definition) is 8. The lowest BCUT2D eigenvalue weighted by Crippen LogP contribution is -2.41. The van der Waals surface area contributed by atoms with Gasteiger partial charge in [-0.15, -0.1) is 18.3 Å². The van der Waals surface area contributed by atoms with Crippen LogP contribution in [-0.4, -0.2) is 62.8 Å². The lowest BCUT2D eigenvalue weighted by Gasteiger charge is -2.41. The van der Waals surface area contributed by atoms with Gasteiger partial charge in [-0.1, -0.05) is 37.3 Å². The first-order chi connectivity index (χ1) is 22.9. The Labute approximate surface area is 284 Å². The van der Waals surface area contributed by atoms with Gasteiger partial charge in [0.05, 0.1) is 31.1 Å². The van der Waals surface area contributed by atoms with E-state index in [1.165, 1.54) is 7.11 Å². The molecule has 0 saturated carbocycles. The molecule has 10 nitrogen and oxygen atoms in total. The molecule has 4 heterocycles. The van der Waals surface area contributed by atoms with Gasteiger partial charge in [-0.25, -0.2) is 14.5 Å². The van der Waals surface area contributed by atoms with E-state index in [1.54, 1.807) is 4.68 Å². The summed E-state index contributed by atoms with van der Waals surface area (Å²) < 4.78 is 21.3. The number of methoxy groups -OCH3 is 1. The van der Waals surface area contributed by atoms with Crippen molar-refractivity contribution in [3.05, 3.63) is 90.4 Å². The first-order valence-corrected chi connectivity index (χ1v) is 16.8. The third-order valence-corrected chi connectivity index (χ3v) is 8.98. The van der Waals surface area contributed by atoms with Gasteiger partial charge >= 0.3 is 5.97 Å². The molecule has 1 aliphatic heterocycles. The Balaban J connectivity index is 1.54. The average Bonchev–Trinajstić information content (AvgIpc) is 3.70. The lowest BCUT2D eigenvalue weighted by atomic mass is 9.76. The molecule has 3 aromatic heterocycles. The van der Waals surface area contributed by atoms with Gasteiger partial charge in [-0.2, -0.15) is 9.61 Å². The minimum absolute atomic E-state index is 0.214. The van der Waals surface area contributed by atoms with Crippen molar-refractivity contribution in [2.45, 2.75) is 84.8 Å². The largest absolute Gasteiger partial charge is 0.493 e. The first kappa shape index (κ1) is 34.9. The van der Waals surface area contributed by atoms with Gasteiger partial charge in [0.25, 0.3) is 0 Å². The number of hydrogen-bond donors (Lipinski definition) is 0. The monoisotopic (exact) mass is 654 g/mol. The molecule has 0 N–H and O–H groups in total. The van der Waals surface area contributed by atoms with Crippen LogP contribution in [0.15, 0.2) is 68.0 Å². The molecule has 0 amide bonds. The zero-order valence-corrected chi connectivity index (χ0v) is 29.4. The van der Waals surface area contributed by atoms with Gasteiger partial charge in [0.2, 0.25) is 0 Å². The molecular weight excluding hydrogens is 604 g/mol. The fourth-order valence-electron chi connectivity index (χ4n) is 6.31. The van der Waals surface area contributed by atoms with Crippen LogP contribution in [-0.2, 0) is 20.7 Å². The number of aryl methyl sites for hydroxylation is 1. The van der Waals surface area contributed by atoms with E-state index < -0.39 is 17.7 Å². The zero-order chi connectivity index (χ0) is 34.5. The number of rotatable bonds is 14. The van der Waals surface area contributed by atoms with Crippen LogP contribution in [0.4, 0.5) is 5.82 Å². The predicted molar refractivity (Wildman–Crippen MR) is 189 cm³/mol. The Morgan fingerprint density at radius 2 is 1.85 bits per heavy atom. The molecule has 1 saturated heterocycles. The highest BCUT2D eigenvalue weighted by Crippen LogP contribution is 2.41. The number of allylic oxidation sites excluding steroid dienone is 1. The van der Waals surface area contributed by atoms with Crippen LogP contribution in [0.5, 0.6) is 5.75 Å². The summed E-state index contributed by atoms with van der Waals surface area (Å²) in [6.07, 6.45) is 12.3. The van der Waals surface area contributed by atoms with E-state index in [0.717, 1.165) is 67.9 Å². The van der Waals surface area contributed by atoms with Crippen molar-refractivity contribution in [1.82, 2.24) is 24.4 Å². The number of piperidine rings is 1. The maximum atomic E-state index is 13.4. The lowest BCUT2D eigenvalue weighted by molar-refractivity contribution is -0.164. The minimum atomic E-state index is -0.978. The second kappa shape index (κ2) is 14.8. The highest BCUT2D eigenvalue weighted by molar-refractivity contribution is 5.80. The number of ether oxygens (including phenoxy) is 3. The third kappa shape index (κ3) is 7.98. The van der Waals surface area contributed by atoms with E-state index in [-0.39, 0.29) is 5.41 Å². The number of fused-ring (bicyclic) bond motifs is 1. The Kier molecular flexibility index (Phi) is 10.7. The molecule has 10 heteroatoms. The van der Waals surface area contributed by atoms with Crippen LogP contribution in [0.1, 0.15) is 88.3 Å². The molecule has 1 aromatic carbocycles. The second-order valence-electron chi connectivity index (χ2n) is 14.0. The highest BCUT2D eigenvalue weighted by Gasteiger charge is 2.37. The number of nitrogens with zero attached hydrogens (tertiary/aromatic N) is 6. The second-order valence-corrected chi connectivity index (χ2v) is 14.0. The van der Waals surface area contributed by atoms with Crippen molar-refractivity contribution < 1.29 is 19.0 Å². The van der Waals surface area contributed by atoms with E-state index in [0.29, 0.717) is 35.8 Å². The Hall–Kier alpha value is -4.44. The van der Waals surface area contributed by atoms with Gasteiger partial charge in [-0.05, 0) is 82.4 Å². The molecule has 0 radical (unpaired) electrons. The number of carbonyl (C=O) groups excluding carboxylic acids is 1. The number of carbonyl (C=O) groups is 1. The highest BCUT2D eigenvalue weighted by atomic mass is 16.6. The number of para-hydroxylation sites is 1. The Morgan fingerprint density at radius 3 is 2.54 bits per heavy atom. The molecular formula is C38H50N6O4. The van der Waals surface area contributed by atoms with Crippen molar-refractivity contribution in [2.24, 2.45) is 5.41 Å². The molecule has 4 aromatic rings. The molecule has 1 aliphatic rings. The van der Waals surface area contributed by atoms with E-state index >= 15 is 0 Å². The van der Waals surface area contributed by atoms with Crippen LogP contribution < -0.4 is 9.64 Å². The van der Waals surface area contributed by atoms with Gasteiger partial charge < -0.3 is 19.1 Å². The van der Waals surface area contributed by atoms with Gasteiger partial charge in [0, 0.05) is 37.5 Å². The molecule has 5 rings (SSSR count). The van der Waals surface area contributed by atoms with Crippen molar-refractivity contribution in [3.8, 4) is 11.6 Å². The predicted octanol–water partition coefficient (Wildman–Crippen LogP) is 7.37. The number of esters is 1.